The third-order valence-corrected chi connectivity index (χ3v) is 9.91. The van der Waals surface area contributed by atoms with E-state index in [0.717, 1.165) is 11.1 Å². The number of carbonyl (C=O) groups excluding carboxylic acids is 4. The van der Waals surface area contributed by atoms with E-state index in [-0.39, 0.29) is 52.7 Å². The molecule has 0 unspecified atom stereocenters. The molecule has 282 valence electrons. The Bertz CT molecular complexity index is 1660. The lowest BCUT2D eigenvalue weighted by Crippen LogP contribution is -2.20. The number of nitrogens with two attached hydrogens (primary N) is 3. The van der Waals surface area contributed by atoms with E-state index in [0.29, 0.717) is 57.1 Å². The highest BCUT2D eigenvalue weighted by molar-refractivity contribution is 7.99. The number of ether oxygens (including phenoxy) is 1. The van der Waals surface area contributed by atoms with E-state index in [9.17, 15) is 19.2 Å². The van der Waals surface area contributed by atoms with Crippen molar-refractivity contribution in [3.63, 3.8) is 0 Å². The Balaban J connectivity index is 2.15. The Morgan fingerprint density at radius 2 is 0.942 bits per heavy atom. The fourth-order valence-electron chi connectivity index (χ4n) is 5.02. The molecule has 0 aliphatic heterocycles. The van der Waals surface area contributed by atoms with Crippen LogP contribution in [0.1, 0.15) is 87.2 Å². The summed E-state index contributed by atoms with van der Waals surface area (Å²) in [5, 5.41) is 11.9. The van der Waals surface area contributed by atoms with Gasteiger partial charge in [-0.15, -0.1) is 23.5 Å². The number of thioether (sulfide) groups is 2. The van der Waals surface area contributed by atoms with Crippen LogP contribution in [-0.2, 0) is 20.4 Å². The molecule has 0 heterocycles. The van der Waals surface area contributed by atoms with E-state index in [1.807, 2.05) is 65.8 Å². The minimum Gasteiger partial charge on any atom is -0.492 e. The highest BCUT2D eigenvalue weighted by Crippen LogP contribution is 2.41. The number of anilines is 4. The van der Waals surface area contributed by atoms with E-state index in [4.69, 9.17) is 21.9 Å². The molecule has 10 N–H and O–H groups in total. The van der Waals surface area contributed by atoms with Gasteiger partial charge in [-0.25, -0.2) is 0 Å². The van der Waals surface area contributed by atoms with E-state index in [1.165, 1.54) is 43.4 Å². The van der Waals surface area contributed by atoms with Gasteiger partial charge in [0.25, 0.3) is 11.8 Å². The Labute approximate surface area is 315 Å². The molecule has 0 aliphatic rings. The summed E-state index contributed by atoms with van der Waals surface area (Å²) < 4.78 is 5.83. The number of carbonyl (C=O) groups is 4. The largest absolute Gasteiger partial charge is 0.492 e. The summed E-state index contributed by atoms with van der Waals surface area (Å²) in [5.41, 5.74) is 21.0. The summed E-state index contributed by atoms with van der Waals surface area (Å²) in [6.07, 6.45) is 0. The number of amides is 4. The highest BCUT2D eigenvalue weighted by Gasteiger charge is 2.24. The maximum absolute atomic E-state index is 14.1. The van der Waals surface area contributed by atoms with Crippen LogP contribution in [0.5, 0.6) is 5.75 Å². The SMILES string of the molecule is CC(=O)Nc1cc(C(C)(C)C)cc(NC(=O)c2cc(OCCN)cc(C(=O)Nc3cc(C(C)(C)C)cc(NC(C)=O)c3SCCN)c2)c1SCCN. The van der Waals surface area contributed by atoms with Gasteiger partial charge in [-0.1, -0.05) is 41.5 Å². The van der Waals surface area contributed by atoms with E-state index in [2.05, 4.69) is 21.3 Å². The normalized spacial score (nSPS) is 11.5. The molecule has 3 aromatic rings. The topological polar surface area (TPSA) is 204 Å². The highest BCUT2D eigenvalue weighted by atomic mass is 32.2. The minimum atomic E-state index is -0.497. The van der Waals surface area contributed by atoms with Crippen LogP contribution in [-0.4, -0.2) is 61.4 Å². The van der Waals surface area contributed by atoms with Gasteiger partial charge >= 0.3 is 0 Å². The predicted octanol–water partition coefficient (Wildman–Crippen LogP) is 6.14. The van der Waals surface area contributed by atoms with Crippen molar-refractivity contribution in [3.8, 4) is 5.75 Å². The average Bonchev–Trinajstić information content (AvgIpc) is 3.04. The third kappa shape index (κ3) is 12.0. The zero-order valence-corrected chi connectivity index (χ0v) is 33.0. The second-order valence-electron chi connectivity index (χ2n) is 14.2. The van der Waals surface area contributed by atoms with Crippen LogP contribution >= 0.6 is 23.5 Å². The molecule has 0 spiro atoms. The first kappa shape index (κ1) is 42.3. The van der Waals surface area contributed by atoms with E-state index in [1.54, 1.807) is 12.1 Å². The summed E-state index contributed by atoms with van der Waals surface area (Å²) in [6.45, 7) is 16.2. The number of rotatable bonds is 15. The van der Waals surface area contributed by atoms with Gasteiger partial charge in [0.1, 0.15) is 12.4 Å². The summed E-state index contributed by atoms with van der Waals surface area (Å²) in [6, 6.07) is 12.2. The molecule has 0 aromatic heterocycles. The van der Waals surface area contributed by atoms with Crippen molar-refractivity contribution in [2.24, 2.45) is 17.2 Å². The van der Waals surface area contributed by atoms with Gasteiger partial charge in [0.15, 0.2) is 0 Å². The van der Waals surface area contributed by atoms with Crippen molar-refractivity contribution in [2.45, 2.75) is 76.0 Å². The van der Waals surface area contributed by atoms with Gasteiger partial charge in [-0.3, -0.25) is 19.2 Å². The molecular weight excluding hydrogens is 699 g/mol. The first-order chi connectivity index (χ1) is 24.4. The predicted molar refractivity (Wildman–Crippen MR) is 215 cm³/mol. The fourth-order valence-corrected chi connectivity index (χ4v) is 6.72. The second-order valence-corrected chi connectivity index (χ2v) is 16.4. The molecule has 0 fully saturated rings. The van der Waals surface area contributed by atoms with Crippen LogP contribution in [0.3, 0.4) is 0 Å². The molecule has 4 amide bonds. The lowest BCUT2D eigenvalue weighted by molar-refractivity contribution is -0.115. The van der Waals surface area contributed by atoms with Gasteiger partial charge in [-0.05, 0) is 64.4 Å². The number of hydrogen-bond acceptors (Lipinski definition) is 10. The summed E-state index contributed by atoms with van der Waals surface area (Å²) in [5.74, 6) is -0.124. The first-order valence-corrected chi connectivity index (χ1v) is 19.0. The molecule has 14 heteroatoms. The van der Waals surface area contributed by atoms with Crippen LogP contribution in [0.4, 0.5) is 22.7 Å². The standard InChI is InChI=1S/C38H53N7O5S2/c1-22(46)42-29-18-26(37(3,4)5)20-31(33(29)51-13-10-40)44-35(48)24-15-25(17-28(16-24)50-12-9-39)36(49)45-32-21-27(38(6,7)8)19-30(43-23(2)47)34(32)52-14-11-41/h15-21H,9-14,39-41H2,1-8H3,(H,42,46)(H,43,47)(H,44,48)(H,45,49). The van der Waals surface area contributed by atoms with Crippen molar-refractivity contribution in [1.82, 2.24) is 0 Å². The lowest BCUT2D eigenvalue weighted by atomic mass is 9.86. The summed E-state index contributed by atoms with van der Waals surface area (Å²) in [4.78, 5) is 53.9. The number of nitrogens with one attached hydrogen (secondary N) is 4. The Kier molecular flexibility index (Phi) is 15.1. The average molecular weight is 752 g/mol. The van der Waals surface area contributed by atoms with Crippen LogP contribution in [0.2, 0.25) is 0 Å². The summed E-state index contributed by atoms with van der Waals surface area (Å²) >= 11 is 2.83. The maximum Gasteiger partial charge on any atom is 0.255 e. The molecule has 0 aliphatic carbocycles. The molecule has 3 rings (SSSR count). The molecule has 0 radical (unpaired) electrons. The zero-order valence-electron chi connectivity index (χ0n) is 31.4. The van der Waals surface area contributed by atoms with Crippen molar-refractivity contribution >= 4 is 69.9 Å². The van der Waals surface area contributed by atoms with Gasteiger partial charge < -0.3 is 43.2 Å². The third-order valence-electron chi connectivity index (χ3n) is 7.57. The first-order valence-electron chi connectivity index (χ1n) is 17.1. The molecule has 12 nitrogen and oxygen atoms in total. The van der Waals surface area contributed by atoms with Crippen molar-refractivity contribution in [2.75, 3.05) is 59.0 Å². The lowest BCUT2D eigenvalue weighted by Gasteiger charge is -2.24. The Morgan fingerprint density at radius 3 is 1.25 bits per heavy atom. The number of hydrogen-bond donors (Lipinski definition) is 7. The molecule has 0 bridgehead atoms. The monoisotopic (exact) mass is 751 g/mol. The fraction of sp³-hybridized carbons (Fsp3) is 0.421. The summed E-state index contributed by atoms with van der Waals surface area (Å²) in [7, 11) is 0. The smallest absolute Gasteiger partial charge is 0.255 e. The quantitative estimate of drug-likeness (QED) is 0.0884. The van der Waals surface area contributed by atoms with E-state index < -0.39 is 11.8 Å². The maximum atomic E-state index is 14.1. The molecule has 0 saturated heterocycles. The van der Waals surface area contributed by atoms with Gasteiger partial charge in [0, 0.05) is 56.1 Å². The van der Waals surface area contributed by atoms with Crippen LogP contribution in [0.25, 0.3) is 0 Å². The molecular formula is C38H53N7O5S2. The zero-order chi connectivity index (χ0) is 38.8. The second kappa shape index (κ2) is 18.6. The van der Waals surface area contributed by atoms with Crippen LogP contribution in [0, 0.1) is 0 Å². The van der Waals surface area contributed by atoms with Gasteiger partial charge in [-0.2, -0.15) is 0 Å². The van der Waals surface area contributed by atoms with Gasteiger partial charge in [0.05, 0.1) is 32.5 Å². The molecule has 0 saturated carbocycles. The van der Waals surface area contributed by atoms with Crippen molar-refractivity contribution in [1.29, 1.82) is 0 Å². The Hall–Kier alpha value is -4.08. The molecule has 3 aromatic carbocycles. The number of benzene rings is 3. The molecule has 0 atom stereocenters. The van der Waals surface area contributed by atoms with Crippen molar-refractivity contribution in [3.05, 3.63) is 64.7 Å². The van der Waals surface area contributed by atoms with Crippen LogP contribution < -0.4 is 43.2 Å². The van der Waals surface area contributed by atoms with Crippen molar-refractivity contribution < 1.29 is 23.9 Å². The van der Waals surface area contributed by atoms with E-state index >= 15 is 0 Å². The van der Waals surface area contributed by atoms with Gasteiger partial charge in [0.2, 0.25) is 11.8 Å². The molecule has 52 heavy (non-hydrogen) atoms. The Morgan fingerprint density at radius 1 is 0.577 bits per heavy atom. The van der Waals surface area contributed by atoms with Crippen LogP contribution in [0.15, 0.2) is 52.3 Å². The minimum absolute atomic E-state index is 0.160.